The molecule has 24 heavy (non-hydrogen) atoms. The van der Waals surface area contributed by atoms with Crippen molar-refractivity contribution in [2.24, 2.45) is 11.8 Å². The monoisotopic (exact) mass is 354 g/mol. The second-order valence-electron chi connectivity index (χ2n) is 7.98. The molecule has 0 aromatic carbocycles. The van der Waals surface area contributed by atoms with Crippen LogP contribution < -0.4 is 0 Å². The summed E-state index contributed by atoms with van der Waals surface area (Å²) in [7, 11) is 0. The fraction of sp³-hybridized carbons (Fsp3) is 0.857. The molecule has 0 heterocycles. The molecule has 0 radical (unpaired) electrons. The average molecular weight is 355 g/mol. The Labute approximate surface area is 154 Å². The fourth-order valence-corrected chi connectivity index (χ4v) is 4.89. The Morgan fingerprint density at radius 2 is 2.00 bits per heavy atom. The largest absolute Gasteiger partial charge is 0.466 e. The molecule has 1 aliphatic carbocycles. The van der Waals surface area contributed by atoms with Crippen LogP contribution in [0, 0.1) is 11.8 Å². The highest BCUT2D eigenvalue weighted by molar-refractivity contribution is 8.00. The van der Waals surface area contributed by atoms with Crippen LogP contribution in [0.5, 0.6) is 0 Å². The molecule has 3 heteroatoms. The van der Waals surface area contributed by atoms with Crippen LogP contribution in [0.2, 0.25) is 0 Å². The molecule has 140 valence electrons. The SMILES string of the molecule is CC(C)=C1CCC(C)CC1SCCC(=O)OCCCCCC(C)C. The Bertz CT molecular complexity index is 397. The number of unbranched alkanes of at least 4 members (excludes halogenated alkanes) is 2. The molecule has 2 atom stereocenters. The van der Waals surface area contributed by atoms with Crippen LogP contribution in [0.25, 0.3) is 0 Å². The van der Waals surface area contributed by atoms with Gasteiger partial charge in [-0.25, -0.2) is 0 Å². The summed E-state index contributed by atoms with van der Waals surface area (Å²) in [5, 5.41) is 0.614. The molecule has 1 aliphatic rings. The zero-order valence-electron chi connectivity index (χ0n) is 16.5. The van der Waals surface area contributed by atoms with Crippen molar-refractivity contribution in [2.75, 3.05) is 12.4 Å². The molecule has 1 rings (SSSR count). The second kappa shape index (κ2) is 12.0. The van der Waals surface area contributed by atoms with Gasteiger partial charge < -0.3 is 4.74 Å². The van der Waals surface area contributed by atoms with Gasteiger partial charge in [-0.05, 0) is 51.4 Å². The quantitative estimate of drug-likeness (QED) is 0.258. The minimum atomic E-state index is -0.0195. The highest BCUT2D eigenvalue weighted by Gasteiger charge is 2.24. The normalized spacial score (nSPS) is 21.2. The average Bonchev–Trinajstić information content (AvgIpc) is 2.50. The summed E-state index contributed by atoms with van der Waals surface area (Å²) >= 11 is 1.96. The lowest BCUT2D eigenvalue weighted by atomic mass is 9.85. The first-order valence-electron chi connectivity index (χ1n) is 9.83. The van der Waals surface area contributed by atoms with Gasteiger partial charge in [0.1, 0.15) is 0 Å². The van der Waals surface area contributed by atoms with E-state index < -0.39 is 0 Å². The lowest BCUT2D eigenvalue weighted by molar-refractivity contribution is -0.143. The van der Waals surface area contributed by atoms with Crippen molar-refractivity contribution in [3.63, 3.8) is 0 Å². The van der Waals surface area contributed by atoms with E-state index >= 15 is 0 Å². The molecular weight excluding hydrogens is 316 g/mol. The molecule has 0 saturated heterocycles. The molecule has 0 N–H and O–H groups in total. The van der Waals surface area contributed by atoms with Crippen molar-refractivity contribution in [1.82, 2.24) is 0 Å². The van der Waals surface area contributed by atoms with E-state index in [1.807, 2.05) is 11.8 Å². The van der Waals surface area contributed by atoms with Crippen LogP contribution in [-0.4, -0.2) is 23.6 Å². The first kappa shape index (κ1) is 21.6. The van der Waals surface area contributed by atoms with Gasteiger partial charge in [-0.2, -0.15) is 11.8 Å². The predicted molar refractivity (Wildman–Crippen MR) is 107 cm³/mol. The Kier molecular flexibility index (Phi) is 10.8. The van der Waals surface area contributed by atoms with Crippen molar-refractivity contribution in [2.45, 2.75) is 91.2 Å². The summed E-state index contributed by atoms with van der Waals surface area (Å²) in [6.07, 6.45) is 9.07. The van der Waals surface area contributed by atoms with E-state index in [1.54, 1.807) is 5.57 Å². The molecule has 1 fully saturated rings. The van der Waals surface area contributed by atoms with Crippen LogP contribution >= 0.6 is 11.8 Å². The van der Waals surface area contributed by atoms with Crippen molar-refractivity contribution >= 4 is 17.7 Å². The van der Waals surface area contributed by atoms with Gasteiger partial charge >= 0.3 is 5.97 Å². The van der Waals surface area contributed by atoms with Gasteiger partial charge in [0.15, 0.2) is 0 Å². The Hall–Kier alpha value is -0.440. The third-order valence-electron chi connectivity index (χ3n) is 4.87. The molecule has 2 unspecified atom stereocenters. The summed E-state index contributed by atoms with van der Waals surface area (Å²) < 4.78 is 5.37. The number of carbonyl (C=O) groups excluding carboxylic acids is 1. The van der Waals surface area contributed by atoms with Crippen LogP contribution in [0.3, 0.4) is 0 Å². The zero-order chi connectivity index (χ0) is 17.9. The molecule has 0 aromatic rings. The molecule has 1 saturated carbocycles. The van der Waals surface area contributed by atoms with Crippen LogP contribution in [0.1, 0.15) is 86.0 Å². The second-order valence-corrected chi connectivity index (χ2v) is 9.29. The Balaban J connectivity index is 2.14. The predicted octanol–water partition coefficient (Wildman–Crippen LogP) is 6.39. The maximum Gasteiger partial charge on any atom is 0.306 e. The smallest absolute Gasteiger partial charge is 0.306 e. The molecule has 0 bridgehead atoms. The number of carbonyl (C=O) groups is 1. The van der Waals surface area contributed by atoms with Crippen LogP contribution in [-0.2, 0) is 9.53 Å². The molecule has 0 aromatic heterocycles. The number of thioether (sulfide) groups is 1. The summed E-state index contributed by atoms with van der Waals surface area (Å²) in [5.74, 6) is 2.45. The number of esters is 1. The number of hydrogen-bond acceptors (Lipinski definition) is 3. The molecule has 0 amide bonds. The lowest BCUT2D eigenvalue weighted by Gasteiger charge is -2.30. The third-order valence-corrected chi connectivity index (χ3v) is 6.19. The Morgan fingerprint density at radius 1 is 1.25 bits per heavy atom. The number of allylic oxidation sites excluding steroid dienone is 1. The topological polar surface area (TPSA) is 26.3 Å². The minimum absolute atomic E-state index is 0.0195. The van der Waals surface area contributed by atoms with E-state index in [9.17, 15) is 4.79 Å². The summed E-state index contributed by atoms with van der Waals surface area (Å²) in [6, 6.07) is 0. The number of ether oxygens (including phenoxy) is 1. The molecular formula is C21H38O2S. The van der Waals surface area contributed by atoms with E-state index in [-0.39, 0.29) is 5.97 Å². The third kappa shape index (κ3) is 9.15. The Morgan fingerprint density at radius 3 is 2.67 bits per heavy atom. The van der Waals surface area contributed by atoms with E-state index in [0.29, 0.717) is 18.3 Å². The van der Waals surface area contributed by atoms with E-state index in [1.165, 1.54) is 44.1 Å². The van der Waals surface area contributed by atoms with Gasteiger partial charge in [0.25, 0.3) is 0 Å². The maximum atomic E-state index is 11.9. The standard InChI is InChI=1S/C21H38O2S/c1-16(2)9-7-6-8-13-23-21(22)12-14-24-20-15-18(5)10-11-19(20)17(3)4/h16,18,20H,6-15H2,1-5H3. The van der Waals surface area contributed by atoms with Gasteiger partial charge in [-0.1, -0.05) is 51.2 Å². The molecule has 2 nitrogen and oxygen atoms in total. The molecule has 0 spiro atoms. The maximum absolute atomic E-state index is 11.9. The first-order valence-corrected chi connectivity index (χ1v) is 10.9. The lowest BCUT2D eigenvalue weighted by Crippen LogP contribution is -2.20. The van der Waals surface area contributed by atoms with E-state index in [2.05, 4.69) is 34.6 Å². The highest BCUT2D eigenvalue weighted by Crippen LogP contribution is 2.37. The summed E-state index contributed by atoms with van der Waals surface area (Å²) in [5.41, 5.74) is 3.10. The fourth-order valence-electron chi connectivity index (χ4n) is 3.30. The van der Waals surface area contributed by atoms with Gasteiger partial charge in [-0.15, -0.1) is 0 Å². The van der Waals surface area contributed by atoms with Gasteiger partial charge in [0.05, 0.1) is 13.0 Å². The highest BCUT2D eigenvalue weighted by atomic mass is 32.2. The van der Waals surface area contributed by atoms with Crippen molar-refractivity contribution in [3.05, 3.63) is 11.1 Å². The number of hydrogen-bond donors (Lipinski definition) is 0. The van der Waals surface area contributed by atoms with E-state index in [0.717, 1.165) is 24.0 Å². The van der Waals surface area contributed by atoms with Crippen molar-refractivity contribution in [3.8, 4) is 0 Å². The number of rotatable bonds is 10. The zero-order valence-corrected chi connectivity index (χ0v) is 17.3. The molecule has 0 aliphatic heterocycles. The van der Waals surface area contributed by atoms with Crippen molar-refractivity contribution in [1.29, 1.82) is 0 Å². The van der Waals surface area contributed by atoms with Crippen molar-refractivity contribution < 1.29 is 9.53 Å². The first-order chi connectivity index (χ1) is 11.4. The van der Waals surface area contributed by atoms with E-state index in [4.69, 9.17) is 4.74 Å². The summed E-state index contributed by atoms with van der Waals surface area (Å²) in [6.45, 7) is 11.9. The minimum Gasteiger partial charge on any atom is -0.466 e. The van der Waals surface area contributed by atoms with Crippen LogP contribution in [0.4, 0.5) is 0 Å². The van der Waals surface area contributed by atoms with Gasteiger partial charge in [0, 0.05) is 11.0 Å². The summed E-state index contributed by atoms with van der Waals surface area (Å²) in [4.78, 5) is 11.9. The van der Waals surface area contributed by atoms with Gasteiger partial charge in [-0.3, -0.25) is 4.79 Å². The van der Waals surface area contributed by atoms with Crippen LogP contribution in [0.15, 0.2) is 11.1 Å². The van der Waals surface area contributed by atoms with Gasteiger partial charge in [0.2, 0.25) is 0 Å².